The van der Waals surface area contributed by atoms with Crippen LogP contribution in [-0.4, -0.2) is 11.5 Å². The van der Waals surface area contributed by atoms with Crippen molar-refractivity contribution in [1.29, 1.82) is 0 Å². The van der Waals surface area contributed by atoms with Crippen molar-refractivity contribution in [3.63, 3.8) is 0 Å². The highest BCUT2D eigenvalue weighted by molar-refractivity contribution is 7.09. The Morgan fingerprint density at radius 1 is 1.50 bits per heavy atom. The van der Waals surface area contributed by atoms with Gasteiger partial charge in [0.15, 0.2) is 0 Å². The summed E-state index contributed by atoms with van der Waals surface area (Å²) in [6, 6.07) is 0. The predicted octanol–water partition coefficient (Wildman–Crippen LogP) is 3.58. The van der Waals surface area contributed by atoms with Crippen LogP contribution >= 0.6 is 23.7 Å². The van der Waals surface area contributed by atoms with E-state index >= 15 is 0 Å². The van der Waals surface area contributed by atoms with E-state index in [0.717, 1.165) is 12.5 Å². The van der Waals surface area contributed by atoms with Crippen LogP contribution in [0.2, 0.25) is 0 Å². The van der Waals surface area contributed by atoms with Gasteiger partial charge in [-0.15, -0.1) is 23.7 Å². The summed E-state index contributed by atoms with van der Waals surface area (Å²) in [5.41, 5.74) is 1.21. The van der Waals surface area contributed by atoms with Gasteiger partial charge in [-0.05, 0) is 25.3 Å². The number of thiazole rings is 1. The second kappa shape index (κ2) is 6.58. The Balaban J connectivity index is 0.00000128. The van der Waals surface area contributed by atoms with Crippen LogP contribution in [-0.2, 0) is 6.54 Å². The standard InChI is InChI=1S/C12H20N2S.ClH/c1-9(2)12-14-11(8-15-12)7-13-6-10-4-3-5-10;/h8-10,13H,3-7H2,1-2H3;1H. The molecule has 1 aliphatic carbocycles. The Labute approximate surface area is 108 Å². The van der Waals surface area contributed by atoms with E-state index in [9.17, 15) is 0 Å². The summed E-state index contributed by atoms with van der Waals surface area (Å²) in [5, 5.41) is 6.94. The van der Waals surface area contributed by atoms with Crippen LogP contribution in [0.15, 0.2) is 5.38 Å². The van der Waals surface area contributed by atoms with Crippen LogP contribution < -0.4 is 5.32 Å². The summed E-state index contributed by atoms with van der Waals surface area (Å²) in [5.74, 6) is 1.50. The molecule has 0 aliphatic heterocycles. The number of nitrogens with zero attached hydrogens (tertiary/aromatic N) is 1. The lowest BCUT2D eigenvalue weighted by Crippen LogP contribution is -2.26. The zero-order valence-electron chi connectivity index (χ0n) is 10.0. The maximum atomic E-state index is 4.61. The minimum absolute atomic E-state index is 0. The lowest BCUT2D eigenvalue weighted by Gasteiger charge is -2.25. The van der Waals surface area contributed by atoms with Crippen molar-refractivity contribution in [2.45, 2.75) is 45.6 Å². The Hall–Kier alpha value is -0.120. The van der Waals surface area contributed by atoms with Crippen molar-refractivity contribution < 1.29 is 0 Å². The molecule has 1 aromatic heterocycles. The third-order valence-corrected chi connectivity index (χ3v) is 4.22. The Kier molecular flexibility index (Phi) is 5.73. The normalized spacial score (nSPS) is 15.9. The topological polar surface area (TPSA) is 24.9 Å². The second-order valence-corrected chi connectivity index (χ2v) is 5.65. The van der Waals surface area contributed by atoms with Gasteiger partial charge in [0.05, 0.1) is 10.7 Å². The van der Waals surface area contributed by atoms with Gasteiger partial charge in [-0.3, -0.25) is 0 Å². The van der Waals surface area contributed by atoms with Crippen molar-refractivity contribution in [3.8, 4) is 0 Å². The first-order valence-electron chi connectivity index (χ1n) is 5.90. The summed E-state index contributed by atoms with van der Waals surface area (Å²) in [7, 11) is 0. The maximum absolute atomic E-state index is 4.61. The highest BCUT2D eigenvalue weighted by atomic mass is 35.5. The monoisotopic (exact) mass is 260 g/mol. The minimum atomic E-state index is 0. The first-order chi connectivity index (χ1) is 7.25. The number of nitrogens with one attached hydrogen (secondary N) is 1. The highest BCUT2D eigenvalue weighted by Gasteiger charge is 2.16. The number of aromatic nitrogens is 1. The fourth-order valence-corrected chi connectivity index (χ4v) is 2.61. The molecule has 0 radical (unpaired) electrons. The summed E-state index contributed by atoms with van der Waals surface area (Å²) < 4.78 is 0. The lowest BCUT2D eigenvalue weighted by molar-refractivity contribution is 0.301. The third-order valence-electron chi connectivity index (χ3n) is 3.03. The van der Waals surface area contributed by atoms with Gasteiger partial charge in [-0.1, -0.05) is 20.3 Å². The Bertz CT molecular complexity index is 308. The third kappa shape index (κ3) is 3.72. The van der Waals surface area contributed by atoms with Crippen LogP contribution in [0.5, 0.6) is 0 Å². The molecular weight excluding hydrogens is 240 g/mol. The van der Waals surface area contributed by atoms with Gasteiger partial charge in [0.1, 0.15) is 0 Å². The Morgan fingerprint density at radius 2 is 2.25 bits per heavy atom. The molecule has 0 amide bonds. The van der Waals surface area contributed by atoms with Crippen molar-refractivity contribution in [2.75, 3.05) is 6.54 Å². The van der Waals surface area contributed by atoms with E-state index in [4.69, 9.17) is 0 Å². The first kappa shape index (κ1) is 13.9. The molecular formula is C12H21ClN2S. The van der Waals surface area contributed by atoms with Crippen LogP contribution in [0.25, 0.3) is 0 Å². The van der Waals surface area contributed by atoms with E-state index in [0.29, 0.717) is 5.92 Å². The molecule has 1 aliphatic rings. The van der Waals surface area contributed by atoms with E-state index in [1.807, 2.05) is 0 Å². The number of hydrogen-bond acceptors (Lipinski definition) is 3. The van der Waals surface area contributed by atoms with Crippen LogP contribution in [0.4, 0.5) is 0 Å². The molecule has 92 valence electrons. The van der Waals surface area contributed by atoms with E-state index in [-0.39, 0.29) is 12.4 Å². The van der Waals surface area contributed by atoms with Crippen molar-refractivity contribution in [2.24, 2.45) is 5.92 Å². The summed E-state index contributed by atoms with van der Waals surface area (Å²) >= 11 is 1.79. The summed E-state index contributed by atoms with van der Waals surface area (Å²) in [6.07, 6.45) is 4.27. The van der Waals surface area contributed by atoms with E-state index in [2.05, 4.69) is 29.5 Å². The smallest absolute Gasteiger partial charge is 0.0954 e. The molecule has 0 unspecified atom stereocenters. The van der Waals surface area contributed by atoms with Gasteiger partial charge in [0.2, 0.25) is 0 Å². The average Bonchev–Trinajstić information content (AvgIpc) is 2.57. The average molecular weight is 261 g/mol. The highest BCUT2D eigenvalue weighted by Crippen LogP contribution is 2.25. The summed E-state index contributed by atoms with van der Waals surface area (Å²) in [6.45, 7) is 6.52. The predicted molar refractivity (Wildman–Crippen MR) is 72.5 cm³/mol. The number of hydrogen-bond donors (Lipinski definition) is 1. The molecule has 2 rings (SSSR count). The molecule has 4 heteroatoms. The molecule has 16 heavy (non-hydrogen) atoms. The SMILES string of the molecule is CC(C)c1nc(CNCC2CCC2)cs1.Cl. The minimum Gasteiger partial charge on any atom is -0.311 e. The maximum Gasteiger partial charge on any atom is 0.0954 e. The van der Waals surface area contributed by atoms with Crippen molar-refractivity contribution in [3.05, 3.63) is 16.1 Å². The molecule has 1 heterocycles. The van der Waals surface area contributed by atoms with Gasteiger partial charge < -0.3 is 5.32 Å². The van der Waals surface area contributed by atoms with E-state index < -0.39 is 0 Å². The zero-order valence-corrected chi connectivity index (χ0v) is 11.7. The number of rotatable bonds is 5. The number of halogens is 1. The molecule has 0 bridgehead atoms. The molecule has 0 atom stereocenters. The van der Waals surface area contributed by atoms with Gasteiger partial charge in [-0.25, -0.2) is 4.98 Å². The molecule has 0 aromatic carbocycles. The lowest BCUT2D eigenvalue weighted by atomic mass is 9.85. The van der Waals surface area contributed by atoms with Crippen molar-refractivity contribution >= 4 is 23.7 Å². The van der Waals surface area contributed by atoms with Crippen LogP contribution in [0.3, 0.4) is 0 Å². The molecule has 0 spiro atoms. The fourth-order valence-electron chi connectivity index (χ4n) is 1.77. The van der Waals surface area contributed by atoms with Gasteiger partial charge >= 0.3 is 0 Å². The van der Waals surface area contributed by atoms with Crippen molar-refractivity contribution in [1.82, 2.24) is 10.3 Å². The molecule has 1 N–H and O–H groups in total. The van der Waals surface area contributed by atoms with E-state index in [1.165, 1.54) is 36.5 Å². The fraction of sp³-hybridized carbons (Fsp3) is 0.750. The molecule has 1 fully saturated rings. The first-order valence-corrected chi connectivity index (χ1v) is 6.78. The molecule has 1 aromatic rings. The van der Waals surface area contributed by atoms with Gasteiger partial charge in [-0.2, -0.15) is 0 Å². The zero-order chi connectivity index (χ0) is 10.7. The largest absolute Gasteiger partial charge is 0.311 e. The van der Waals surface area contributed by atoms with Crippen LogP contribution in [0, 0.1) is 5.92 Å². The summed E-state index contributed by atoms with van der Waals surface area (Å²) in [4.78, 5) is 4.61. The molecule has 0 saturated heterocycles. The second-order valence-electron chi connectivity index (χ2n) is 4.76. The van der Waals surface area contributed by atoms with Gasteiger partial charge in [0.25, 0.3) is 0 Å². The van der Waals surface area contributed by atoms with Crippen LogP contribution in [0.1, 0.15) is 49.7 Å². The molecule has 1 saturated carbocycles. The Morgan fingerprint density at radius 3 is 2.75 bits per heavy atom. The quantitative estimate of drug-likeness (QED) is 0.875. The van der Waals surface area contributed by atoms with Gasteiger partial charge in [0, 0.05) is 17.8 Å². The van der Waals surface area contributed by atoms with E-state index in [1.54, 1.807) is 11.3 Å². The molecule has 2 nitrogen and oxygen atoms in total.